The standard InChI is InChI=1S/C10H16OS2/c1-2-5-12-8-9(11)7-10-4-3-6-13-10/h3-4,6,9,11H,2,5,7-8H2,1H3. The lowest BCUT2D eigenvalue weighted by molar-refractivity contribution is 0.201. The first-order valence-electron chi connectivity index (χ1n) is 4.61. The van der Waals surface area contributed by atoms with E-state index in [4.69, 9.17) is 0 Å². The Morgan fingerprint density at radius 1 is 1.62 bits per heavy atom. The lowest BCUT2D eigenvalue weighted by atomic mass is 10.2. The van der Waals surface area contributed by atoms with Gasteiger partial charge in [-0.15, -0.1) is 11.3 Å². The van der Waals surface area contributed by atoms with Crippen LogP contribution in [0.25, 0.3) is 0 Å². The molecule has 0 bridgehead atoms. The summed E-state index contributed by atoms with van der Waals surface area (Å²) in [5, 5.41) is 11.7. The van der Waals surface area contributed by atoms with Crippen molar-refractivity contribution in [1.29, 1.82) is 0 Å². The fourth-order valence-electron chi connectivity index (χ4n) is 1.08. The SMILES string of the molecule is CCCSCC(O)Cc1cccs1. The van der Waals surface area contributed by atoms with Gasteiger partial charge < -0.3 is 5.11 Å². The molecule has 0 aliphatic carbocycles. The van der Waals surface area contributed by atoms with Crippen molar-refractivity contribution in [3.8, 4) is 0 Å². The molecular weight excluding hydrogens is 200 g/mol. The maximum absolute atomic E-state index is 9.63. The van der Waals surface area contributed by atoms with Crippen molar-refractivity contribution in [1.82, 2.24) is 0 Å². The minimum atomic E-state index is -0.171. The highest BCUT2D eigenvalue weighted by molar-refractivity contribution is 7.99. The Labute approximate surface area is 88.2 Å². The van der Waals surface area contributed by atoms with Gasteiger partial charge in [0.25, 0.3) is 0 Å². The topological polar surface area (TPSA) is 20.2 Å². The molecule has 0 fully saturated rings. The third-order valence-electron chi connectivity index (χ3n) is 1.68. The van der Waals surface area contributed by atoms with Gasteiger partial charge in [0.1, 0.15) is 0 Å². The molecule has 0 aliphatic rings. The third kappa shape index (κ3) is 4.69. The van der Waals surface area contributed by atoms with E-state index in [0.29, 0.717) is 0 Å². The molecule has 1 nitrogen and oxygen atoms in total. The molecule has 3 heteroatoms. The molecule has 1 aromatic rings. The van der Waals surface area contributed by atoms with E-state index in [1.54, 1.807) is 11.3 Å². The Morgan fingerprint density at radius 2 is 2.46 bits per heavy atom. The second kappa shape index (κ2) is 6.46. The van der Waals surface area contributed by atoms with Crippen LogP contribution < -0.4 is 0 Å². The highest BCUT2D eigenvalue weighted by Gasteiger charge is 2.05. The van der Waals surface area contributed by atoms with Crippen molar-refractivity contribution >= 4 is 23.1 Å². The molecule has 1 aromatic heterocycles. The summed E-state index contributed by atoms with van der Waals surface area (Å²) < 4.78 is 0. The van der Waals surface area contributed by atoms with Gasteiger partial charge in [-0.25, -0.2) is 0 Å². The van der Waals surface area contributed by atoms with Crippen molar-refractivity contribution in [2.24, 2.45) is 0 Å². The van der Waals surface area contributed by atoms with Crippen molar-refractivity contribution in [3.63, 3.8) is 0 Å². The summed E-state index contributed by atoms with van der Waals surface area (Å²) >= 11 is 3.56. The number of thiophene rings is 1. The summed E-state index contributed by atoms with van der Waals surface area (Å²) in [4.78, 5) is 1.28. The van der Waals surface area contributed by atoms with Gasteiger partial charge in [-0.2, -0.15) is 11.8 Å². The van der Waals surface area contributed by atoms with E-state index in [2.05, 4.69) is 18.4 Å². The maximum Gasteiger partial charge on any atom is 0.0678 e. The van der Waals surface area contributed by atoms with Gasteiger partial charge in [-0.3, -0.25) is 0 Å². The maximum atomic E-state index is 9.63. The monoisotopic (exact) mass is 216 g/mol. The summed E-state index contributed by atoms with van der Waals surface area (Å²) in [6, 6.07) is 4.12. The molecule has 0 aromatic carbocycles. The van der Waals surface area contributed by atoms with E-state index in [-0.39, 0.29) is 6.10 Å². The predicted octanol–water partition coefficient (Wildman–Crippen LogP) is 2.79. The molecule has 0 amide bonds. The normalized spacial score (nSPS) is 13.1. The number of rotatable bonds is 6. The van der Waals surface area contributed by atoms with Crippen LogP contribution in [0.4, 0.5) is 0 Å². The van der Waals surface area contributed by atoms with Crippen LogP contribution in [0.3, 0.4) is 0 Å². The average molecular weight is 216 g/mol. The second-order valence-electron chi connectivity index (χ2n) is 3.01. The van der Waals surface area contributed by atoms with E-state index in [1.807, 2.05) is 17.8 Å². The van der Waals surface area contributed by atoms with E-state index in [1.165, 1.54) is 11.3 Å². The van der Waals surface area contributed by atoms with Crippen LogP contribution in [0.1, 0.15) is 18.2 Å². The molecule has 1 heterocycles. The molecule has 0 saturated carbocycles. The van der Waals surface area contributed by atoms with Gasteiger partial charge in [0, 0.05) is 17.1 Å². The zero-order chi connectivity index (χ0) is 9.52. The van der Waals surface area contributed by atoms with Crippen molar-refractivity contribution in [2.75, 3.05) is 11.5 Å². The minimum absolute atomic E-state index is 0.171. The first kappa shape index (κ1) is 11.1. The lowest BCUT2D eigenvalue weighted by Gasteiger charge is -2.07. The Hall–Kier alpha value is 0.01000. The Balaban J connectivity index is 2.14. The number of aliphatic hydroxyl groups excluding tert-OH is 1. The zero-order valence-corrected chi connectivity index (χ0v) is 9.53. The van der Waals surface area contributed by atoms with Crippen LogP contribution in [-0.2, 0) is 6.42 Å². The first-order chi connectivity index (χ1) is 6.33. The van der Waals surface area contributed by atoms with E-state index in [9.17, 15) is 5.11 Å². The second-order valence-corrected chi connectivity index (χ2v) is 5.19. The molecule has 0 spiro atoms. The summed E-state index contributed by atoms with van der Waals surface area (Å²) in [5.41, 5.74) is 0. The zero-order valence-electron chi connectivity index (χ0n) is 7.90. The van der Waals surface area contributed by atoms with Crippen molar-refractivity contribution in [3.05, 3.63) is 22.4 Å². The first-order valence-corrected chi connectivity index (χ1v) is 6.64. The average Bonchev–Trinajstić information content (AvgIpc) is 2.57. The predicted molar refractivity (Wildman–Crippen MR) is 61.6 cm³/mol. The largest absolute Gasteiger partial charge is 0.392 e. The fourth-order valence-corrected chi connectivity index (χ4v) is 2.71. The molecule has 1 unspecified atom stereocenters. The summed E-state index contributed by atoms with van der Waals surface area (Å²) in [6.45, 7) is 2.17. The molecule has 1 rings (SSSR count). The van der Waals surface area contributed by atoms with Gasteiger partial charge in [-0.1, -0.05) is 13.0 Å². The van der Waals surface area contributed by atoms with Crippen LogP contribution in [0.15, 0.2) is 17.5 Å². The van der Waals surface area contributed by atoms with Crippen LogP contribution in [0, 0.1) is 0 Å². The lowest BCUT2D eigenvalue weighted by Crippen LogP contribution is -2.12. The van der Waals surface area contributed by atoms with Gasteiger partial charge in [0.2, 0.25) is 0 Å². The van der Waals surface area contributed by atoms with E-state index < -0.39 is 0 Å². The van der Waals surface area contributed by atoms with Crippen LogP contribution >= 0.6 is 23.1 Å². The highest BCUT2D eigenvalue weighted by atomic mass is 32.2. The van der Waals surface area contributed by atoms with E-state index in [0.717, 1.165) is 17.9 Å². The summed E-state index contributed by atoms with van der Waals surface area (Å²) in [5.74, 6) is 2.02. The highest BCUT2D eigenvalue weighted by Crippen LogP contribution is 2.13. The number of aliphatic hydroxyl groups is 1. The van der Waals surface area contributed by atoms with E-state index >= 15 is 0 Å². The van der Waals surface area contributed by atoms with Gasteiger partial charge in [0.05, 0.1) is 6.10 Å². The molecule has 74 valence electrons. The molecule has 0 aliphatic heterocycles. The number of hydrogen-bond acceptors (Lipinski definition) is 3. The summed E-state index contributed by atoms with van der Waals surface area (Å²) in [7, 11) is 0. The van der Waals surface area contributed by atoms with Crippen molar-refractivity contribution < 1.29 is 5.11 Å². The quantitative estimate of drug-likeness (QED) is 0.738. The van der Waals surface area contributed by atoms with Crippen LogP contribution in [0.5, 0.6) is 0 Å². The van der Waals surface area contributed by atoms with Gasteiger partial charge in [0.15, 0.2) is 0 Å². The van der Waals surface area contributed by atoms with Crippen LogP contribution in [-0.4, -0.2) is 22.7 Å². The van der Waals surface area contributed by atoms with Gasteiger partial charge in [-0.05, 0) is 23.6 Å². The third-order valence-corrected chi connectivity index (χ3v) is 3.89. The van der Waals surface area contributed by atoms with Crippen LogP contribution in [0.2, 0.25) is 0 Å². The number of hydrogen-bond donors (Lipinski definition) is 1. The Bertz CT molecular complexity index is 209. The Kier molecular flexibility index (Phi) is 5.51. The molecule has 13 heavy (non-hydrogen) atoms. The molecule has 1 N–H and O–H groups in total. The Morgan fingerprint density at radius 3 is 3.08 bits per heavy atom. The summed E-state index contributed by atoms with van der Waals surface area (Å²) in [6.07, 6.45) is 1.83. The number of thioether (sulfide) groups is 1. The fraction of sp³-hybridized carbons (Fsp3) is 0.600. The molecule has 0 saturated heterocycles. The van der Waals surface area contributed by atoms with Gasteiger partial charge >= 0.3 is 0 Å². The smallest absolute Gasteiger partial charge is 0.0678 e. The molecular formula is C10H16OS2. The minimum Gasteiger partial charge on any atom is -0.392 e. The van der Waals surface area contributed by atoms with Crippen molar-refractivity contribution in [2.45, 2.75) is 25.9 Å². The molecule has 1 atom stereocenters. The molecule has 0 radical (unpaired) electrons.